The van der Waals surface area contributed by atoms with Gasteiger partial charge < -0.3 is 9.30 Å². The highest BCUT2D eigenvalue weighted by Crippen LogP contribution is 2.39. The molecule has 0 atom stereocenters. The number of rotatable bonds is 7. The van der Waals surface area contributed by atoms with Crippen LogP contribution >= 0.6 is 15.9 Å². The summed E-state index contributed by atoms with van der Waals surface area (Å²) in [6.45, 7) is 9.28. The lowest BCUT2D eigenvalue weighted by molar-refractivity contribution is -0.138. The molecule has 2 aromatic rings. The van der Waals surface area contributed by atoms with Crippen molar-refractivity contribution >= 4 is 24.0 Å². The summed E-state index contributed by atoms with van der Waals surface area (Å²) in [6, 6.07) is 5.71. The molecule has 26 heavy (non-hydrogen) atoms. The first-order chi connectivity index (χ1) is 12.0. The maximum absolute atomic E-state index is 13.3. The van der Waals surface area contributed by atoms with E-state index < -0.39 is 19.8 Å². The van der Waals surface area contributed by atoms with Crippen LogP contribution in [0.1, 0.15) is 18.1 Å². The monoisotopic (exact) mass is 448 g/mol. The Labute approximate surface area is 161 Å². The van der Waals surface area contributed by atoms with Gasteiger partial charge in [0.1, 0.15) is 6.73 Å². The molecule has 2 rings (SSSR count). The highest BCUT2D eigenvalue weighted by Gasteiger charge is 2.36. The molecule has 0 aliphatic heterocycles. The van der Waals surface area contributed by atoms with Crippen LogP contribution in [0.2, 0.25) is 25.7 Å². The maximum atomic E-state index is 13.3. The third-order valence-corrected chi connectivity index (χ3v) is 6.61. The van der Waals surface area contributed by atoms with Crippen LogP contribution in [0, 0.1) is 0 Å². The van der Waals surface area contributed by atoms with Gasteiger partial charge in [-0.1, -0.05) is 32.6 Å². The van der Waals surface area contributed by atoms with Gasteiger partial charge in [-0.3, -0.25) is 4.98 Å². The smallest absolute Gasteiger partial charge is 0.361 e. The molecule has 0 aromatic carbocycles. The Balaban J connectivity index is 2.32. The molecule has 0 spiro atoms. The standard InChI is InChI=1S/C18H24BrF3N2OSi/c1-5-13-6-7-15(23-11-13)16-10-14(18(20,21)22)17(19)24(16)12-25-8-9-26(2,3)4/h6-7,10-11H,5,8-9,12H2,1-4H3. The van der Waals surface area contributed by atoms with E-state index in [2.05, 4.69) is 40.6 Å². The van der Waals surface area contributed by atoms with Gasteiger partial charge in [-0.2, -0.15) is 13.2 Å². The van der Waals surface area contributed by atoms with Gasteiger partial charge in [0.25, 0.3) is 0 Å². The SMILES string of the molecule is CCc1ccc(-c2cc(C(F)(F)F)c(Br)n2COCC[Si](C)(C)C)nc1. The molecule has 144 valence electrons. The van der Waals surface area contributed by atoms with E-state index in [1.165, 1.54) is 4.57 Å². The zero-order valence-electron chi connectivity index (χ0n) is 15.5. The lowest BCUT2D eigenvalue weighted by atomic mass is 10.2. The summed E-state index contributed by atoms with van der Waals surface area (Å²) in [6.07, 6.45) is -1.92. The second kappa shape index (κ2) is 8.27. The number of alkyl halides is 3. The number of nitrogens with zero attached hydrogens (tertiary/aromatic N) is 2. The number of ether oxygens (including phenoxy) is 1. The van der Waals surface area contributed by atoms with E-state index >= 15 is 0 Å². The van der Waals surface area contributed by atoms with Gasteiger partial charge in [0.2, 0.25) is 0 Å². The molecular formula is C18H24BrF3N2OSi. The molecule has 0 saturated heterocycles. The van der Waals surface area contributed by atoms with Gasteiger partial charge in [-0.15, -0.1) is 0 Å². The zero-order chi connectivity index (χ0) is 19.5. The zero-order valence-corrected chi connectivity index (χ0v) is 18.0. The van der Waals surface area contributed by atoms with Crippen molar-refractivity contribution in [3.05, 3.63) is 40.1 Å². The summed E-state index contributed by atoms with van der Waals surface area (Å²) in [7, 11) is -1.26. The Morgan fingerprint density at radius 1 is 1.23 bits per heavy atom. The maximum Gasteiger partial charge on any atom is 0.419 e. The summed E-state index contributed by atoms with van der Waals surface area (Å²) in [5.74, 6) is 0. The Bertz CT molecular complexity index is 737. The van der Waals surface area contributed by atoms with Crippen LogP contribution in [-0.2, 0) is 24.1 Å². The van der Waals surface area contributed by atoms with E-state index in [4.69, 9.17) is 4.74 Å². The van der Waals surface area contributed by atoms with E-state index in [0.717, 1.165) is 24.1 Å². The quantitative estimate of drug-likeness (QED) is 0.372. The summed E-state index contributed by atoms with van der Waals surface area (Å²) in [5.41, 5.74) is 1.20. The molecule has 0 N–H and O–H groups in total. The predicted octanol–water partition coefficient (Wildman–Crippen LogP) is 6.21. The third-order valence-electron chi connectivity index (χ3n) is 4.05. The first kappa shape index (κ1) is 21.2. The molecule has 8 heteroatoms. The minimum absolute atomic E-state index is 0.0330. The highest BCUT2D eigenvalue weighted by atomic mass is 79.9. The van der Waals surface area contributed by atoms with Gasteiger partial charge in [-0.25, -0.2) is 0 Å². The van der Waals surface area contributed by atoms with Crippen molar-refractivity contribution in [2.75, 3.05) is 6.61 Å². The van der Waals surface area contributed by atoms with E-state index in [1.54, 1.807) is 12.3 Å². The summed E-state index contributed by atoms with van der Waals surface area (Å²) < 4.78 is 47.1. The molecular weight excluding hydrogens is 425 g/mol. The van der Waals surface area contributed by atoms with Crippen LogP contribution in [0.25, 0.3) is 11.4 Å². The predicted molar refractivity (Wildman–Crippen MR) is 104 cm³/mol. The number of aryl methyl sites for hydroxylation is 1. The molecule has 0 saturated carbocycles. The highest BCUT2D eigenvalue weighted by molar-refractivity contribution is 9.10. The normalized spacial score (nSPS) is 12.6. The number of hydrogen-bond acceptors (Lipinski definition) is 2. The molecule has 0 bridgehead atoms. The molecule has 0 radical (unpaired) electrons. The molecule has 0 fully saturated rings. The van der Waals surface area contributed by atoms with Gasteiger partial charge in [-0.05, 0) is 46.1 Å². The number of aromatic nitrogens is 2. The number of hydrogen-bond donors (Lipinski definition) is 0. The van der Waals surface area contributed by atoms with Gasteiger partial charge >= 0.3 is 6.18 Å². The molecule has 0 amide bonds. The number of halogens is 4. The average Bonchev–Trinajstić information content (AvgIpc) is 2.88. The van der Waals surface area contributed by atoms with E-state index in [1.807, 2.05) is 13.0 Å². The Kier molecular flexibility index (Phi) is 6.74. The van der Waals surface area contributed by atoms with Gasteiger partial charge in [0.15, 0.2) is 0 Å². The van der Waals surface area contributed by atoms with E-state index in [-0.39, 0.29) is 11.3 Å². The third kappa shape index (κ3) is 5.44. The van der Waals surface area contributed by atoms with Crippen molar-refractivity contribution in [3.63, 3.8) is 0 Å². The van der Waals surface area contributed by atoms with E-state index in [0.29, 0.717) is 18.0 Å². The first-order valence-electron chi connectivity index (χ1n) is 8.52. The largest absolute Gasteiger partial charge is 0.419 e. The molecule has 0 aliphatic carbocycles. The second-order valence-corrected chi connectivity index (χ2v) is 13.8. The van der Waals surface area contributed by atoms with Crippen LogP contribution in [-0.4, -0.2) is 24.2 Å². The van der Waals surface area contributed by atoms with Crippen LogP contribution < -0.4 is 0 Å². The molecule has 3 nitrogen and oxygen atoms in total. The summed E-state index contributed by atoms with van der Waals surface area (Å²) in [5, 5.41) is 0. The lowest BCUT2D eigenvalue weighted by Gasteiger charge is -2.17. The molecule has 0 unspecified atom stereocenters. The van der Waals surface area contributed by atoms with Crippen LogP contribution in [0.4, 0.5) is 13.2 Å². The fourth-order valence-electron chi connectivity index (χ4n) is 2.38. The Morgan fingerprint density at radius 3 is 2.42 bits per heavy atom. The van der Waals surface area contributed by atoms with E-state index in [9.17, 15) is 13.2 Å². The van der Waals surface area contributed by atoms with Crippen molar-refractivity contribution in [2.24, 2.45) is 0 Å². The average molecular weight is 449 g/mol. The van der Waals surface area contributed by atoms with Crippen molar-refractivity contribution in [2.45, 2.75) is 51.9 Å². The van der Waals surface area contributed by atoms with Crippen molar-refractivity contribution < 1.29 is 17.9 Å². The van der Waals surface area contributed by atoms with Crippen molar-refractivity contribution in [1.82, 2.24) is 9.55 Å². The van der Waals surface area contributed by atoms with Gasteiger partial charge in [0, 0.05) is 20.9 Å². The van der Waals surface area contributed by atoms with Gasteiger partial charge in [0.05, 0.1) is 21.6 Å². The minimum Gasteiger partial charge on any atom is -0.361 e. The molecule has 2 heterocycles. The summed E-state index contributed by atoms with van der Waals surface area (Å²) >= 11 is 3.10. The minimum atomic E-state index is -4.44. The van der Waals surface area contributed by atoms with Crippen molar-refractivity contribution in [3.8, 4) is 11.4 Å². The van der Waals surface area contributed by atoms with Crippen LogP contribution in [0.5, 0.6) is 0 Å². The van der Waals surface area contributed by atoms with Crippen molar-refractivity contribution in [1.29, 1.82) is 0 Å². The lowest BCUT2D eigenvalue weighted by Crippen LogP contribution is -2.22. The summed E-state index contributed by atoms with van der Waals surface area (Å²) in [4.78, 5) is 4.33. The topological polar surface area (TPSA) is 27.1 Å². The van der Waals surface area contributed by atoms with Crippen LogP contribution in [0.3, 0.4) is 0 Å². The fourth-order valence-corrected chi connectivity index (χ4v) is 3.77. The first-order valence-corrected chi connectivity index (χ1v) is 13.0. The fraction of sp³-hybridized carbons (Fsp3) is 0.500. The molecule has 2 aromatic heterocycles. The second-order valence-electron chi connectivity index (χ2n) is 7.41. The van der Waals surface area contributed by atoms with Crippen LogP contribution in [0.15, 0.2) is 29.0 Å². The Hall–Kier alpha value is -1.12. The number of pyridine rings is 1. The molecule has 0 aliphatic rings. The Morgan fingerprint density at radius 2 is 1.92 bits per heavy atom.